The van der Waals surface area contributed by atoms with E-state index in [1.54, 1.807) is 11.8 Å². The zero-order chi connectivity index (χ0) is 8.69. The van der Waals surface area contributed by atoms with Crippen molar-refractivity contribution < 1.29 is 0 Å². The molecule has 0 rings (SSSR count). The van der Waals surface area contributed by atoms with Gasteiger partial charge in [0.1, 0.15) is 0 Å². The summed E-state index contributed by atoms with van der Waals surface area (Å²) in [6.45, 7) is 3.11. The maximum absolute atomic E-state index is 8.61. The van der Waals surface area contributed by atoms with E-state index in [4.69, 9.17) is 5.26 Å². The molecule has 0 heterocycles. The second kappa shape index (κ2) is 6.51. The molecule has 0 aliphatic rings. The molecule has 0 fully saturated rings. The van der Waals surface area contributed by atoms with Crippen molar-refractivity contribution in [3.8, 4) is 6.07 Å². The second-order valence-corrected chi connectivity index (χ2v) is 4.01. The molecule has 0 amide bonds. The molecule has 0 spiro atoms. The Morgan fingerprint density at radius 3 is 2.55 bits per heavy atom. The van der Waals surface area contributed by atoms with E-state index in [9.17, 15) is 0 Å². The Morgan fingerprint density at radius 2 is 2.18 bits per heavy atom. The highest BCUT2D eigenvalue weighted by atomic mass is 32.2. The van der Waals surface area contributed by atoms with Gasteiger partial charge in [-0.1, -0.05) is 6.92 Å². The van der Waals surface area contributed by atoms with Gasteiger partial charge in [0.15, 0.2) is 0 Å². The van der Waals surface area contributed by atoms with E-state index >= 15 is 0 Å². The summed E-state index contributed by atoms with van der Waals surface area (Å²) in [6.07, 6.45) is 0.953. The highest BCUT2D eigenvalue weighted by Gasteiger charge is 2.03. The van der Waals surface area contributed by atoms with E-state index in [1.807, 2.05) is 14.1 Å². The molecule has 1 unspecified atom stereocenters. The smallest absolute Gasteiger partial charge is 0.0914 e. The third-order valence-electron chi connectivity index (χ3n) is 1.37. The summed E-state index contributed by atoms with van der Waals surface area (Å²) in [4.78, 5) is 2.14. The summed E-state index contributed by atoms with van der Waals surface area (Å²) in [6, 6.07) is 2.27. The molecule has 0 aromatic rings. The average molecular weight is 172 g/mol. The zero-order valence-corrected chi connectivity index (χ0v) is 8.32. The van der Waals surface area contributed by atoms with Crippen molar-refractivity contribution in [3.63, 3.8) is 0 Å². The van der Waals surface area contributed by atoms with Crippen molar-refractivity contribution in [2.45, 2.75) is 18.6 Å². The minimum atomic E-state index is 0.190. The quantitative estimate of drug-likeness (QED) is 0.630. The van der Waals surface area contributed by atoms with Crippen LogP contribution in [0.2, 0.25) is 0 Å². The third-order valence-corrected chi connectivity index (χ3v) is 2.63. The van der Waals surface area contributed by atoms with E-state index in [-0.39, 0.29) is 5.25 Å². The fourth-order valence-corrected chi connectivity index (χ4v) is 1.69. The molecule has 0 bridgehead atoms. The van der Waals surface area contributed by atoms with Gasteiger partial charge in [-0.15, -0.1) is 11.8 Å². The number of hydrogen-bond acceptors (Lipinski definition) is 3. The summed E-state index contributed by atoms with van der Waals surface area (Å²) in [7, 11) is 4.10. The fraction of sp³-hybridized carbons (Fsp3) is 0.875. The summed E-state index contributed by atoms with van der Waals surface area (Å²) in [5, 5.41) is 8.80. The Hall–Kier alpha value is -0.200. The normalized spacial score (nSPS) is 13.0. The molecule has 0 aliphatic heterocycles. The van der Waals surface area contributed by atoms with Crippen LogP contribution < -0.4 is 0 Å². The molecule has 2 nitrogen and oxygen atoms in total. The zero-order valence-electron chi connectivity index (χ0n) is 7.50. The highest BCUT2D eigenvalue weighted by molar-refractivity contribution is 8.00. The van der Waals surface area contributed by atoms with Gasteiger partial charge in [-0.25, -0.2) is 0 Å². The Kier molecular flexibility index (Phi) is 6.39. The Balaban J connectivity index is 3.30. The van der Waals surface area contributed by atoms with Crippen LogP contribution >= 0.6 is 11.8 Å². The molecule has 0 saturated heterocycles. The summed E-state index contributed by atoms with van der Waals surface area (Å²) >= 11 is 1.75. The SMILES string of the molecule is CCC(C#N)SCCN(C)C. The molecular weight excluding hydrogens is 156 g/mol. The summed E-state index contributed by atoms with van der Waals surface area (Å²) in [5.41, 5.74) is 0. The number of hydrogen-bond donors (Lipinski definition) is 0. The maximum Gasteiger partial charge on any atom is 0.0914 e. The van der Waals surface area contributed by atoms with E-state index in [2.05, 4.69) is 17.9 Å². The van der Waals surface area contributed by atoms with Crippen LogP contribution in [0.15, 0.2) is 0 Å². The Morgan fingerprint density at radius 1 is 1.55 bits per heavy atom. The molecule has 0 aliphatic carbocycles. The van der Waals surface area contributed by atoms with Crippen LogP contribution in [0.3, 0.4) is 0 Å². The van der Waals surface area contributed by atoms with Gasteiger partial charge in [0.2, 0.25) is 0 Å². The molecule has 0 radical (unpaired) electrons. The molecule has 11 heavy (non-hydrogen) atoms. The predicted octanol–water partition coefficient (Wildman–Crippen LogP) is 1.58. The maximum atomic E-state index is 8.61. The highest BCUT2D eigenvalue weighted by Crippen LogP contribution is 2.12. The predicted molar refractivity (Wildman–Crippen MR) is 50.7 cm³/mol. The topological polar surface area (TPSA) is 27.0 Å². The van der Waals surface area contributed by atoms with Gasteiger partial charge in [0.05, 0.1) is 11.3 Å². The molecule has 0 aromatic heterocycles. The Labute approximate surface area is 73.6 Å². The second-order valence-electron chi connectivity index (χ2n) is 2.70. The third kappa shape index (κ3) is 6.21. The summed E-state index contributed by atoms with van der Waals surface area (Å²) in [5.74, 6) is 1.05. The van der Waals surface area contributed by atoms with Crippen molar-refractivity contribution in [2.24, 2.45) is 0 Å². The number of nitriles is 1. The van der Waals surface area contributed by atoms with Gasteiger partial charge >= 0.3 is 0 Å². The lowest BCUT2D eigenvalue weighted by atomic mass is 10.4. The molecule has 0 saturated carbocycles. The lowest BCUT2D eigenvalue weighted by Gasteiger charge is -2.10. The molecule has 3 heteroatoms. The first-order valence-corrected chi connectivity index (χ1v) is 4.91. The standard InChI is InChI=1S/C8H16N2S/c1-4-8(7-9)11-6-5-10(2)3/h8H,4-6H2,1-3H3. The van der Waals surface area contributed by atoms with E-state index < -0.39 is 0 Å². The monoisotopic (exact) mass is 172 g/mol. The van der Waals surface area contributed by atoms with Crippen LogP contribution in [0.1, 0.15) is 13.3 Å². The van der Waals surface area contributed by atoms with Crippen molar-refractivity contribution in [1.82, 2.24) is 4.90 Å². The minimum absolute atomic E-state index is 0.190. The van der Waals surface area contributed by atoms with Gasteiger partial charge in [-0.05, 0) is 20.5 Å². The Bertz CT molecular complexity index is 129. The van der Waals surface area contributed by atoms with Crippen molar-refractivity contribution in [1.29, 1.82) is 5.26 Å². The van der Waals surface area contributed by atoms with Gasteiger partial charge in [-0.3, -0.25) is 0 Å². The van der Waals surface area contributed by atoms with Gasteiger partial charge in [0, 0.05) is 12.3 Å². The van der Waals surface area contributed by atoms with Crippen LogP contribution in [0.25, 0.3) is 0 Å². The van der Waals surface area contributed by atoms with Gasteiger partial charge < -0.3 is 4.90 Å². The molecule has 1 atom stereocenters. The van der Waals surface area contributed by atoms with E-state index in [0.717, 1.165) is 18.7 Å². The number of rotatable bonds is 5. The largest absolute Gasteiger partial charge is 0.309 e. The fourth-order valence-electron chi connectivity index (χ4n) is 0.624. The molecule has 0 aromatic carbocycles. The van der Waals surface area contributed by atoms with Crippen molar-refractivity contribution in [3.05, 3.63) is 0 Å². The van der Waals surface area contributed by atoms with Crippen molar-refractivity contribution in [2.75, 3.05) is 26.4 Å². The first-order valence-electron chi connectivity index (χ1n) is 3.86. The lowest BCUT2D eigenvalue weighted by Crippen LogP contribution is -2.16. The van der Waals surface area contributed by atoms with Gasteiger partial charge in [0.25, 0.3) is 0 Å². The first-order chi connectivity index (χ1) is 5.20. The van der Waals surface area contributed by atoms with Crippen LogP contribution in [-0.2, 0) is 0 Å². The number of thioether (sulfide) groups is 1. The van der Waals surface area contributed by atoms with Gasteiger partial charge in [-0.2, -0.15) is 5.26 Å². The molecule has 0 N–H and O–H groups in total. The molecule has 64 valence electrons. The van der Waals surface area contributed by atoms with E-state index in [0.29, 0.717) is 0 Å². The van der Waals surface area contributed by atoms with E-state index in [1.165, 1.54) is 0 Å². The van der Waals surface area contributed by atoms with Crippen LogP contribution in [0, 0.1) is 11.3 Å². The average Bonchev–Trinajstić information content (AvgIpc) is 1.98. The molecular formula is C8H16N2S. The summed E-state index contributed by atoms with van der Waals surface area (Å²) < 4.78 is 0. The van der Waals surface area contributed by atoms with Crippen molar-refractivity contribution >= 4 is 11.8 Å². The van der Waals surface area contributed by atoms with Crippen LogP contribution in [0.5, 0.6) is 0 Å². The van der Waals surface area contributed by atoms with Crippen LogP contribution in [-0.4, -0.2) is 36.5 Å². The minimum Gasteiger partial charge on any atom is -0.309 e. The first kappa shape index (κ1) is 10.8. The lowest BCUT2D eigenvalue weighted by molar-refractivity contribution is 0.437. The van der Waals surface area contributed by atoms with Crippen LogP contribution in [0.4, 0.5) is 0 Å². The number of nitrogens with zero attached hydrogens (tertiary/aromatic N) is 2.